The molecule has 0 heterocycles. The van der Waals surface area contributed by atoms with Crippen molar-refractivity contribution in [3.05, 3.63) is 35.4 Å². The highest BCUT2D eigenvalue weighted by atomic mass is 31.2. The molecule has 0 spiro atoms. The summed E-state index contributed by atoms with van der Waals surface area (Å²) < 4.78 is 36.3. The second-order valence-corrected chi connectivity index (χ2v) is 10.1. The normalized spacial score (nSPS) is 13.4. The van der Waals surface area contributed by atoms with E-state index in [-0.39, 0.29) is 12.5 Å². The molecule has 0 unspecified atom stereocenters. The third kappa shape index (κ3) is 8.79. The average Bonchev–Trinajstić information content (AvgIpc) is 2.43. The Morgan fingerprint density at radius 2 is 1.27 bits per heavy atom. The van der Waals surface area contributed by atoms with Gasteiger partial charge in [0, 0.05) is 18.8 Å². The Labute approximate surface area is 158 Å². The van der Waals surface area contributed by atoms with Gasteiger partial charge in [-0.2, -0.15) is 0 Å². The molecule has 0 aliphatic carbocycles. The minimum Gasteiger partial charge on any atom is -0.349 e. The molecule has 0 bridgehead atoms. The molecule has 26 heavy (non-hydrogen) atoms. The predicted molar refractivity (Wildman–Crippen MR) is 105 cm³/mol. The number of hydrogen-bond acceptors (Lipinski definition) is 5. The van der Waals surface area contributed by atoms with E-state index in [9.17, 15) is 4.57 Å². The smallest absolute Gasteiger partial charge is 0.336 e. The van der Waals surface area contributed by atoms with Gasteiger partial charge < -0.3 is 18.5 Å². The first kappa shape index (κ1) is 23.3. The molecular formula is C20H35O5P. The predicted octanol–water partition coefficient (Wildman–Crippen LogP) is 6.08. The number of rotatable bonds is 9. The number of ether oxygens (including phenoxy) is 2. The summed E-state index contributed by atoms with van der Waals surface area (Å²) in [5, 5.41) is 0. The van der Waals surface area contributed by atoms with Gasteiger partial charge in [0.1, 0.15) is 0 Å². The summed E-state index contributed by atoms with van der Waals surface area (Å²) in [7, 11) is -3.31. The first-order valence-electron chi connectivity index (χ1n) is 9.20. The van der Waals surface area contributed by atoms with Crippen molar-refractivity contribution < 1.29 is 23.1 Å². The van der Waals surface area contributed by atoms with Crippen molar-refractivity contribution in [2.45, 2.75) is 79.0 Å². The van der Waals surface area contributed by atoms with Crippen molar-refractivity contribution in [2.75, 3.05) is 13.2 Å². The van der Waals surface area contributed by atoms with Gasteiger partial charge in [-0.3, -0.25) is 4.57 Å². The molecule has 5 nitrogen and oxygen atoms in total. The quantitative estimate of drug-likeness (QED) is 0.380. The summed E-state index contributed by atoms with van der Waals surface area (Å²) in [5.74, 6) is 0. The maximum Gasteiger partial charge on any atom is 0.336 e. The minimum absolute atomic E-state index is 0.218. The highest BCUT2D eigenvalue weighted by molar-refractivity contribution is 7.53. The Morgan fingerprint density at radius 3 is 1.62 bits per heavy atom. The molecule has 0 fully saturated rings. The van der Waals surface area contributed by atoms with E-state index in [1.54, 1.807) is 0 Å². The fraction of sp³-hybridized carbons (Fsp3) is 0.700. The van der Waals surface area contributed by atoms with Crippen LogP contribution in [0.4, 0.5) is 0 Å². The van der Waals surface area contributed by atoms with E-state index in [1.807, 2.05) is 79.7 Å². The number of benzene rings is 1. The Kier molecular flexibility index (Phi) is 8.50. The van der Waals surface area contributed by atoms with Crippen LogP contribution in [0.2, 0.25) is 0 Å². The van der Waals surface area contributed by atoms with E-state index < -0.39 is 18.8 Å². The van der Waals surface area contributed by atoms with Crippen LogP contribution in [0.1, 0.15) is 72.8 Å². The van der Waals surface area contributed by atoms with E-state index in [0.29, 0.717) is 13.2 Å². The molecule has 0 aliphatic heterocycles. The highest BCUT2D eigenvalue weighted by Gasteiger charge is 2.35. The van der Waals surface area contributed by atoms with Crippen molar-refractivity contribution in [1.29, 1.82) is 0 Å². The SMILES string of the molecule is CCOC(OCC)c1ccc(CP(=O)(OC(C)(C)C)OC(C)(C)C)cc1. The molecule has 1 aromatic rings. The second-order valence-electron chi connectivity index (χ2n) is 8.16. The molecule has 0 aliphatic rings. The summed E-state index contributed by atoms with van der Waals surface area (Å²) in [5.41, 5.74) is 0.698. The van der Waals surface area contributed by atoms with Crippen molar-refractivity contribution in [1.82, 2.24) is 0 Å². The van der Waals surface area contributed by atoms with Crippen molar-refractivity contribution in [3.63, 3.8) is 0 Å². The zero-order chi connectivity index (χ0) is 20.0. The fourth-order valence-corrected chi connectivity index (χ4v) is 4.96. The van der Waals surface area contributed by atoms with E-state index >= 15 is 0 Å². The summed E-state index contributed by atoms with van der Waals surface area (Å²) in [6, 6.07) is 7.71. The van der Waals surface area contributed by atoms with Gasteiger partial charge in [0.25, 0.3) is 0 Å². The molecule has 1 aromatic carbocycles. The maximum absolute atomic E-state index is 13.3. The van der Waals surface area contributed by atoms with Crippen LogP contribution in [-0.4, -0.2) is 24.4 Å². The monoisotopic (exact) mass is 386 g/mol. The van der Waals surface area contributed by atoms with E-state index in [4.69, 9.17) is 18.5 Å². The van der Waals surface area contributed by atoms with Crippen LogP contribution in [0.25, 0.3) is 0 Å². The van der Waals surface area contributed by atoms with E-state index in [2.05, 4.69) is 0 Å². The lowest BCUT2D eigenvalue weighted by Crippen LogP contribution is -2.24. The molecule has 0 saturated carbocycles. The number of hydrogen-bond donors (Lipinski definition) is 0. The Bertz CT molecular complexity index is 558. The third-order valence-electron chi connectivity index (χ3n) is 3.09. The lowest BCUT2D eigenvalue weighted by molar-refractivity contribution is -0.140. The van der Waals surface area contributed by atoms with Crippen LogP contribution < -0.4 is 0 Å². The highest BCUT2D eigenvalue weighted by Crippen LogP contribution is 2.56. The summed E-state index contributed by atoms with van der Waals surface area (Å²) in [4.78, 5) is 0. The Balaban J connectivity index is 2.99. The molecule has 6 heteroatoms. The van der Waals surface area contributed by atoms with Gasteiger partial charge in [0.15, 0.2) is 6.29 Å². The van der Waals surface area contributed by atoms with E-state index in [0.717, 1.165) is 11.1 Å². The molecule has 1 rings (SSSR count). The van der Waals surface area contributed by atoms with Gasteiger partial charge in [0.2, 0.25) is 0 Å². The van der Waals surface area contributed by atoms with Crippen LogP contribution in [0.15, 0.2) is 24.3 Å². The zero-order valence-electron chi connectivity index (χ0n) is 17.5. The summed E-state index contributed by atoms with van der Waals surface area (Å²) in [6.45, 7) is 16.3. The van der Waals surface area contributed by atoms with Gasteiger partial charge in [0.05, 0.1) is 17.4 Å². The molecule has 0 atom stereocenters. The molecular weight excluding hydrogens is 351 g/mol. The third-order valence-corrected chi connectivity index (χ3v) is 5.49. The molecule has 0 aromatic heterocycles. The van der Waals surface area contributed by atoms with Crippen molar-refractivity contribution in [3.8, 4) is 0 Å². The molecule has 150 valence electrons. The first-order valence-corrected chi connectivity index (χ1v) is 10.9. The Hall–Kier alpha value is -0.710. The van der Waals surface area contributed by atoms with Crippen molar-refractivity contribution in [2.24, 2.45) is 0 Å². The maximum atomic E-state index is 13.3. The Morgan fingerprint density at radius 1 is 0.846 bits per heavy atom. The summed E-state index contributed by atoms with van der Waals surface area (Å²) in [6.07, 6.45) is -0.169. The molecule has 0 N–H and O–H groups in total. The molecule has 0 amide bonds. The van der Waals surface area contributed by atoms with Crippen LogP contribution in [0.5, 0.6) is 0 Å². The average molecular weight is 386 g/mol. The second kappa shape index (κ2) is 9.48. The van der Waals surface area contributed by atoms with Crippen LogP contribution in [0, 0.1) is 0 Å². The lowest BCUT2D eigenvalue weighted by atomic mass is 10.1. The zero-order valence-corrected chi connectivity index (χ0v) is 18.4. The van der Waals surface area contributed by atoms with Crippen LogP contribution >= 0.6 is 7.60 Å². The first-order chi connectivity index (χ1) is 11.9. The van der Waals surface area contributed by atoms with Gasteiger partial charge in [-0.05, 0) is 61.0 Å². The topological polar surface area (TPSA) is 54.0 Å². The largest absolute Gasteiger partial charge is 0.349 e. The lowest BCUT2D eigenvalue weighted by Gasteiger charge is -2.32. The standard InChI is InChI=1S/C20H35O5P/c1-9-22-18(23-10-2)17-13-11-16(12-14-17)15-26(21,24-19(3,4)5)25-20(6,7)8/h11-14,18H,9-10,15H2,1-8H3. The van der Waals surface area contributed by atoms with Gasteiger partial charge >= 0.3 is 7.60 Å². The van der Waals surface area contributed by atoms with E-state index in [1.165, 1.54) is 0 Å². The van der Waals surface area contributed by atoms with Crippen LogP contribution in [0.3, 0.4) is 0 Å². The van der Waals surface area contributed by atoms with Crippen molar-refractivity contribution >= 4 is 7.60 Å². The molecule has 0 radical (unpaired) electrons. The van der Waals surface area contributed by atoms with Gasteiger partial charge in [-0.25, -0.2) is 0 Å². The van der Waals surface area contributed by atoms with Gasteiger partial charge in [-0.1, -0.05) is 24.3 Å². The summed E-state index contributed by atoms with van der Waals surface area (Å²) >= 11 is 0. The minimum atomic E-state index is -3.31. The van der Waals surface area contributed by atoms with Gasteiger partial charge in [-0.15, -0.1) is 0 Å². The molecule has 0 saturated heterocycles. The van der Waals surface area contributed by atoms with Crippen LogP contribution in [-0.2, 0) is 29.2 Å². The fourth-order valence-electron chi connectivity index (χ4n) is 2.46.